The number of thioether (sulfide) groups is 1. The van der Waals surface area contributed by atoms with Crippen molar-refractivity contribution in [2.75, 3.05) is 18.8 Å². The average molecular weight is 458 g/mol. The molecule has 4 rings (SSSR count). The van der Waals surface area contributed by atoms with Crippen molar-refractivity contribution in [1.29, 1.82) is 0 Å². The highest BCUT2D eigenvalue weighted by Gasteiger charge is 2.27. The first kappa shape index (κ1) is 21.2. The number of benzene rings is 2. The van der Waals surface area contributed by atoms with Crippen molar-refractivity contribution in [2.24, 2.45) is 0 Å². The van der Waals surface area contributed by atoms with Gasteiger partial charge in [0.05, 0.1) is 11.6 Å². The average Bonchev–Trinajstić information content (AvgIpc) is 3.34. The van der Waals surface area contributed by atoms with Crippen molar-refractivity contribution < 1.29 is 14.3 Å². The topological polar surface area (TPSA) is 89.3 Å². The molecule has 0 atom stereocenters. The van der Waals surface area contributed by atoms with Crippen molar-refractivity contribution in [2.45, 2.75) is 18.2 Å². The van der Waals surface area contributed by atoms with Crippen molar-refractivity contribution in [3.8, 4) is 11.4 Å². The number of carbonyl (C=O) groups excluding carboxylic acids is 2. The largest absolute Gasteiger partial charge is 0.484 e. The van der Waals surface area contributed by atoms with Crippen LogP contribution in [-0.4, -0.2) is 50.4 Å². The van der Waals surface area contributed by atoms with E-state index in [1.165, 1.54) is 16.7 Å². The zero-order valence-electron chi connectivity index (χ0n) is 16.5. The van der Waals surface area contributed by atoms with Gasteiger partial charge in [0.15, 0.2) is 11.0 Å². The number of aromatic nitrogens is 3. The molecule has 1 aliphatic rings. The van der Waals surface area contributed by atoms with Gasteiger partial charge in [-0.05, 0) is 30.7 Å². The molecule has 8 nitrogen and oxygen atoms in total. The van der Waals surface area contributed by atoms with Gasteiger partial charge < -0.3 is 10.1 Å². The Morgan fingerprint density at radius 1 is 1.06 bits per heavy atom. The van der Waals surface area contributed by atoms with Crippen LogP contribution < -0.4 is 10.1 Å². The van der Waals surface area contributed by atoms with Gasteiger partial charge in [-0.25, -0.2) is 4.79 Å². The molecule has 0 saturated carbocycles. The first-order valence-corrected chi connectivity index (χ1v) is 11.1. The van der Waals surface area contributed by atoms with Crippen LogP contribution in [0.5, 0.6) is 5.75 Å². The van der Waals surface area contributed by atoms with E-state index in [0.717, 1.165) is 5.69 Å². The van der Waals surface area contributed by atoms with Gasteiger partial charge in [-0.3, -0.25) is 14.3 Å². The molecule has 10 heteroatoms. The minimum Gasteiger partial charge on any atom is -0.484 e. The number of carbonyl (C=O) groups is 2. The lowest BCUT2D eigenvalue weighted by molar-refractivity contribution is -0.124. The van der Waals surface area contributed by atoms with E-state index >= 15 is 0 Å². The number of amides is 3. The van der Waals surface area contributed by atoms with E-state index in [0.29, 0.717) is 40.5 Å². The number of ether oxygens (including phenoxy) is 1. The van der Waals surface area contributed by atoms with Gasteiger partial charge in [0.2, 0.25) is 5.91 Å². The molecule has 0 bridgehead atoms. The second-order valence-corrected chi connectivity index (χ2v) is 8.16. The van der Waals surface area contributed by atoms with Crippen LogP contribution in [0.25, 0.3) is 5.69 Å². The molecule has 1 aromatic heterocycles. The summed E-state index contributed by atoms with van der Waals surface area (Å²) >= 11 is 7.69. The van der Waals surface area contributed by atoms with Crippen LogP contribution in [0, 0.1) is 0 Å². The SMILES string of the molecule is O=C1CNC(=O)N1CCCSc1nnc(COc2ccccc2Cl)n1-c1ccccc1. The normalized spacial score (nSPS) is 13.5. The Hall–Kier alpha value is -3.04. The Labute approximate surface area is 188 Å². The van der Waals surface area contributed by atoms with Crippen molar-refractivity contribution >= 4 is 35.3 Å². The Morgan fingerprint density at radius 3 is 2.58 bits per heavy atom. The van der Waals surface area contributed by atoms with E-state index in [9.17, 15) is 9.59 Å². The molecule has 1 fully saturated rings. The fourth-order valence-electron chi connectivity index (χ4n) is 3.10. The number of imide groups is 1. The van der Waals surface area contributed by atoms with Gasteiger partial charge in [0, 0.05) is 18.0 Å². The first-order chi connectivity index (χ1) is 15.1. The van der Waals surface area contributed by atoms with Crippen LogP contribution in [0.15, 0.2) is 59.8 Å². The van der Waals surface area contributed by atoms with Crippen molar-refractivity contribution in [3.63, 3.8) is 0 Å². The molecule has 0 unspecified atom stereocenters. The summed E-state index contributed by atoms with van der Waals surface area (Å²) in [4.78, 5) is 24.6. The molecule has 1 saturated heterocycles. The Morgan fingerprint density at radius 2 is 1.84 bits per heavy atom. The molecule has 2 aromatic carbocycles. The van der Waals surface area contributed by atoms with Gasteiger partial charge in [-0.2, -0.15) is 0 Å². The number of halogens is 1. The second-order valence-electron chi connectivity index (χ2n) is 6.69. The van der Waals surface area contributed by atoms with Gasteiger partial charge in [0.1, 0.15) is 12.4 Å². The highest BCUT2D eigenvalue weighted by molar-refractivity contribution is 7.99. The van der Waals surface area contributed by atoms with Gasteiger partial charge in [-0.15, -0.1) is 10.2 Å². The molecule has 31 heavy (non-hydrogen) atoms. The number of rotatable bonds is 9. The predicted molar refractivity (Wildman–Crippen MR) is 118 cm³/mol. The van der Waals surface area contributed by atoms with E-state index in [4.69, 9.17) is 16.3 Å². The first-order valence-electron chi connectivity index (χ1n) is 9.71. The van der Waals surface area contributed by atoms with E-state index in [-0.39, 0.29) is 25.1 Å². The molecule has 2 heterocycles. The minimum absolute atomic E-state index is 0.0725. The van der Waals surface area contributed by atoms with Crippen LogP contribution in [0.1, 0.15) is 12.2 Å². The predicted octanol–water partition coefficient (Wildman–Crippen LogP) is 3.53. The summed E-state index contributed by atoms with van der Waals surface area (Å²) in [6, 6.07) is 16.7. The minimum atomic E-state index is -0.332. The van der Waals surface area contributed by atoms with Gasteiger partial charge >= 0.3 is 6.03 Å². The lowest BCUT2D eigenvalue weighted by Crippen LogP contribution is -2.32. The number of nitrogens with zero attached hydrogens (tertiary/aromatic N) is 4. The standard InChI is InChI=1S/C21H20ClN5O3S/c22-16-9-4-5-10-17(16)30-14-18-24-25-21(27(18)15-7-2-1-3-8-15)31-12-6-11-26-19(28)13-23-20(26)29/h1-5,7-10H,6,11-14H2,(H,23,29). The number of hydrogen-bond donors (Lipinski definition) is 1. The number of hydrogen-bond acceptors (Lipinski definition) is 6. The molecule has 3 amide bonds. The van der Waals surface area contributed by atoms with Crippen molar-refractivity contribution in [1.82, 2.24) is 25.0 Å². The quantitative estimate of drug-likeness (QED) is 0.300. The summed E-state index contributed by atoms with van der Waals surface area (Å²) in [6.45, 7) is 0.650. The summed E-state index contributed by atoms with van der Waals surface area (Å²) in [5.41, 5.74) is 0.918. The molecular formula is C21H20ClN5O3S. The molecule has 160 valence electrons. The van der Waals surface area contributed by atoms with Crippen molar-refractivity contribution in [3.05, 3.63) is 65.4 Å². The molecular weight excluding hydrogens is 438 g/mol. The lowest BCUT2D eigenvalue weighted by atomic mass is 10.3. The molecule has 0 aliphatic carbocycles. The smallest absolute Gasteiger partial charge is 0.324 e. The Balaban J connectivity index is 1.45. The van der Waals surface area contributed by atoms with Crippen LogP contribution in [0.2, 0.25) is 5.02 Å². The molecule has 3 aromatic rings. The van der Waals surface area contributed by atoms with E-state index < -0.39 is 0 Å². The van der Waals surface area contributed by atoms with Crippen LogP contribution in [0.4, 0.5) is 4.79 Å². The fraction of sp³-hybridized carbons (Fsp3) is 0.238. The zero-order valence-corrected chi connectivity index (χ0v) is 18.1. The molecule has 0 spiro atoms. The third-order valence-corrected chi connectivity index (χ3v) is 5.93. The van der Waals surface area contributed by atoms with Crippen LogP contribution >= 0.6 is 23.4 Å². The molecule has 1 aliphatic heterocycles. The van der Waals surface area contributed by atoms with E-state index in [1.54, 1.807) is 12.1 Å². The molecule has 0 radical (unpaired) electrons. The number of nitrogens with one attached hydrogen (secondary N) is 1. The summed E-state index contributed by atoms with van der Waals surface area (Å²) < 4.78 is 7.80. The third-order valence-electron chi connectivity index (χ3n) is 4.60. The summed E-state index contributed by atoms with van der Waals surface area (Å²) in [6.07, 6.45) is 0.650. The van der Waals surface area contributed by atoms with Crippen LogP contribution in [0.3, 0.4) is 0 Å². The maximum Gasteiger partial charge on any atom is 0.324 e. The summed E-state index contributed by atoms with van der Waals surface area (Å²) in [7, 11) is 0. The summed E-state index contributed by atoms with van der Waals surface area (Å²) in [5, 5.41) is 12.4. The Bertz CT molecular complexity index is 1060. The monoisotopic (exact) mass is 457 g/mol. The lowest BCUT2D eigenvalue weighted by Gasteiger charge is -2.13. The zero-order chi connectivity index (χ0) is 21.6. The second kappa shape index (κ2) is 9.84. The van der Waals surface area contributed by atoms with E-state index in [1.807, 2.05) is 47.0 Å². The van der Waals surface area contributed by atoms with Gasteiger partial charge in [-0.1, -0.05) is 53.7 Å². The maximum atomic E-state index is 11.7. The van der Waals surface area contributed by atoms with Gasteiger partial charge in [0.25, 0.3) is 0 Å². The highest BCUT2D eigenvalue weighted by atomic mass is 35.5. The third kappa shape index (κ3) is 5.00. The van der Waals surface area contributed by atoms with E-state index in [2.05, 4.69) is 15.5 Å². The number of para-hydroxylation sites is 2. The van der Waals surface area contributed by atoms with Crippen LogP contribution in [-0.2, 0) is 11.4 Å². The fourth-order valence-corrected chi connectivity index (χ4v) is 4.18. The Kier molecular flexibility index (Phi) is 6.73. The highest BCUT2D eigenvalue weighted by Crippen LogP contribution is 2.26. The molecule has 1 N–H and O–H groups in total. The summed E-state index contributed by atoms with van der Waals surface area (Å²) in [5.74, 6) is 1.70. The number of urea groups is 1. The maximum absolute atomic E-state index is 11.7.